The Balaban J connectivity index is 1.96. The van der Waals surface area contributed by atoms with Crippen molar-refractivity contribution in [2.75, 3.05) is 13.2 Å². The minimum atomic E-state index is -2.89. The van der Waals surface area contributed by atoms with Crippen molar-refractivity contribution in [3.8, 4) is 11.8 Å². The molecule has 1 aromatic carbocycles. The number of alkyl halides is 2. The van der Waals surface area contributed by atoms with E-state index in [1.54, 1.807) is 0 Å². The molecule has 5 nitrogen and oxygen atoms in total. The fourth-order valence-corrected chi connectivity index (χ4v) is 2.17. The third kappa shape index (κ3) is 5.34. The number of hydrogen-bond donors (Lipinski definition) is 1. The molecule has 0 bridgehead atoms. The van der Waals surface area contributed by atoms with Crippen molar-refractivity contribution in [2.45, 2.75) is 25.6 Å². The Morgan fingerprint density at radius 3 is 2.78 bits per heavy atom. The van der Waals surface area contributed by atoms with Crippen molar-refractivity contribution in [1.29, 1.82) is 5.26 Å². The highest BCUT2D eigenvalue weighted by molar-refractivity contribution is 6.01. The van der Waals surface area contributed by atoms with Gasteiger partial charge < -0.3 is 14.8 Å². The number of nitriles is 1. The summed E-state index contributed by atoms with van der Waals surface area (Å²) in [6, 6.07) is 7.50. The average molecular weight is 322 g/mol. The zero-order valence-corrected chi connectivity index (χ0v) is 12.3. The van der Waals surface area contributed by atoms with Crippen LogP contribution in [0.4, 0.5) is 8.78 Å². The summed E-state index contributed by atoms with van der Waals surface area (Å²) in [6.45, 7) is -1.84. The highest BCUT2D eigenvalue weighted by Gasteiger charge is 2.17. The molecule has 1 aliphatic rings. The number of carbonyl (C=O) groups excluding carboxylic acids is 1. The number of hydrogen-bond acceptors (Lipinski definition) is 4. The molecule has 1 heterocycles. The van der Waals surface area contributed by atoms with Crippen LogP contribution in [-0.4, -0.2) is 31.8 Å². The van der Waals surface area contributed by atoms with Crippen LogP contribution in [0.3, 0.4) is 0 Å². The maximum Gasteiger partial charge on any atom is 0.387 e. The van der Waals surface area contributed by atoms with Crippen LogP contribution in [0.2, 0.25) is 0 Å². The number of benzene rings is 1. The van der Waals surface area contributed by atoms with Gasteiger partial charge in [-0.25, -0.2) is 0 Å². The fourth-order valence-electron chi connectivity index (χ4n) is 2.17. The summed E-state index contributed by atoms with van der Waals surface area (Å²) in [6.07, 6.45) is 3.23. The molecule has 1 unspecified atom stereocenters. The summed E-state index contributed by atoms with van der Waals surface area (Å²) >= 11 is 0. The van der Waals surface area contributed by atoms with Crippen molar-refractivity contribution in [1.82, 2.24) is 5.32 Å². The molecule has 0 saturated carbocycles. The van der Waals surface area contributed by atoms with Gasteiger partial charge in [-0.05, 0) is 36.6 Å². The molecule has 2 rings (SSSR count). The molecule has 0 aliphatic carbocycles. The lowest BCUT2D eigenvalue weighted by atomic mass is 10.1. The van der Waals surface area contributed by atoms with E-state index in [1.165, 1.54) is 30.3 Å². The minimum Gasteiger partial charge on any atom is -0.435 e. The number of carbonyl (C=O) groups is 1. The first-order valence-corrected chi connectivity index (χ1v) is 7.15. The summed E-state index contributed by atoms with van der Waals surface area (Å²) in [5.41, 5.74) is 0.473. The topological polar surface area (TPSA) is 71.3 Å². The molecule has 0 spiro atoms. The second-order valence-corrected chi connectivity index (χ2v) is 4.96. The van der Waals surface area contributed by atoms with Gasteiger partial charge in [0, 0.05) is 13.2 Å². The summed E-state index contributed by atoms with van der Waals surface area (Å²) in [5, 5.41) is 11.7. The first-order chi connectivity index (χ1) is 11.1. The van der Waals surface area contributed by atoms with Crippen LogP contribution in [0.5, 0.6) is 5.75 Å². The van der Waals surface area contributed by atoms with Gasteiger partial charge >= 0.3 is 6.61 Å². The van der Waals surface area contributed by atoms with Crippen molar-refractivity contribution in [2.24, 2.45) is 0 Å². The van der Waals surface area contributed by atoms with Crippen molar-refractivity contribution in [3.63, 3.8) is 0 Å². The van der Waals surface area contributed by atoms with Gasteiger partial charge in [0.1, 0.15) is 17.4 Å². The van der Waals surface area contributed by atoms with Gasteiger partial charge in [-0.3, -0.25) is 4.79 Å². The number of nitrogens with one attached hydrogen (secondary N) is 1. The monoisotopic (exact) mass is 322 g/mol. The zero-order valence-electron chi connectivity index (χ0n) is 12.3. The Morgan fingerprint density at radius 2 is 2.22 bits per heavy atom. The van der Waals surface area contributed by atoms with Gasteiger partial charge in [0.25, 0.3) is 5.91 Å². The highest BCUT2D eigenvalue weighted by Crippen LogP contribution is 2.17. The molecule has 1 aliphatic heterocycles. The van der Waals surface area contributed by atoms with Crippen LogP contribution in [0, 0.1) is 11.3 Å². The molecule has 1 N–H and O–H groups in total. The van der Waals surface area contributed by atoms with Crippen LogP contribution < -0.4 is 10.1 Å². The molecule has 1 amide bonds. The van der Waals surface area contributed by atoms with E-state index in [9.17, 15) is 13.6 Å². The number of rotatable bonds is 6. The van der Waals surface area contributed by atoms with E-state index in [-0.39, 0.29) is 17.4 Å². The molecule has 1 fully saturated rings. The van der Waals surface area contributed by atoms with Crippen molar-refractivity contribution < 1.29 is 23.0 Å². The Hall–Kier alpha value is -2.46. The maximum absolute atomic E-state index is 12.1. The van der Waals surface area contributed by atoms with E-state index in [0.29, 0.717) is 18.7 Å². The molecule has 0 aromatic heterocycles. The van der Waals surface area contributed by atoms with E-state index >= 15 is 0 Å². The Labute approximate surface area is 132 Å². The van der Waals surface area contributed by atoms with E-state index < -0.39 is 12.5 Å². The van der Waals surface area contributed by atoms with Crippen LogP contribution in [0.25, 0.3) is 6.08 Å². The summed E-state index contributed by atoms with van der Waals surface area (Å²) in [4.78, 5) is 12.0. The lowest BCUT2D eigenvalue weighted by Gasteiger charge is -2.10. The van der Waals surface area contributed by atoms with Crippen LogP contribution in [0.1, 0.15) is 18.4 Å². The van der Waals surface area contributed by atoms with Crippen molar-refractivity contribution in [3.05, 3.63) is 35.4 Å². The van der Waals surface area contributed by atoms with E-state index in [1.807, 2.05) is 6.07 Å². The second kappa shape index (κ2) is 8.25. The van der Waals surface area contributed by atoms with Crippen LogP contribution in [0.15, 0.2) is 29.8 Å². The average Bonchev–Trinajstić information content (AvgIpc) is 3.04. The molecule has 122 valence electrons. The van der Waals surface area contributed by atoms with Gasteiger partial charge in [-0.15, -0.1) is 0 Å². The summed E-state index contributed by atoms with van der Waals surface area (Å²) < 4.78 is 33.7. The van der Waals surface area contributed by atoms with Gasteiger partial charge in [0.15, 0.2) is 0 Å². The quantitative estimate of drug-likeness (QED) is 0.645. The minimum absolute atomic E-state index is 0.00956. The SMILES string of the molecule is N#C/C(=C/c1ccc(OC(F)F)cc1)C(=O)NCC1CCCO1. The molecule has 7 heteroatoms. The van der Waals surface area contributed by atoms with Crippen LogP contribution >= 0.6 is 0 Å². The molecule has 0 radical (unpaired) electrons. The molecule has 1 atom stereocenters. The second-order valence-electron chi connectivity index (χ2n) is 4.96. The van der Waals surface area contributed by atoms with E-state index in [2.05, 4.69) is 10.1 Å². The third-order valence-corrected chi connectivity index (χ3v) is 3.30. The predicted octanol–water partition coefficient (Wildman–Crippen LogP) is 2.49. The Kier molecular flexibility index (Phi) is 6.06. The third-order valence-electron chi connectivity index (χ3n) is 3.30. The lowest BCUT2D eigenvalue weighted by molar-refractivity contribution is -0.117. The fraction of sp³-hybridized carbons (Fsp3) is 0.375. The van der Waals surface area contributed by atoms with E-state index in [0.717, 1.165) is 12.8 Å². The standard InChI is InChI=1S/C16H16F2N2O3/c17-16(18)23-13-5-3-11(4-6-13)8-12(9-19)15(21)20-10-14-2-1-7-22-14/h3-6,8,14,16H,1-2,7,10H2,(H,20,21)/b12-8-. The molecule has 1 aromatic rings. The number of amides is 1. The van der Waals surface area contributed by atoms with Gasteiger partial charge in [0.05, 0.1) is 6.10 Å². The van der Waals surface area contributed by atoms with Gasteiger partial charge in [-0.2, -0.15) is 14.0 Å². The van der Waals surface area contributed by atoms with Gasteiger partial charge in [-0.1, -0.05) is 12.1 Å². The molecular formula is C16H16F2N2O3. The van der Waals surface area contributed by atoms with Gasteiger partial charge in [0.2, 0.25) is 0 Å². The molecular weight excluding hydrogens is 306 g/mol. The summed E-state index contributed by atoms with van der Waals surface area (Å²) in [7, 11) is 0. The largest absolute Gasteiger partial charge is 0.435 e. The van der Waals surface area contributed by atoms with Crippen LogP contribution in [-0.2, 0) is 9.53 Å². The zero-order chi connectivity index (χ0) is 16.7. The smallest absolute Gasteiger partial charge is 0.387 e. The highest BCUT2D eigenvalue weighted by atomic mass is 19.3. The number of halogens is 2. The maximum atomic E-state index is 12.1. The Morgan fingerprint density at radius 1 is 1.48 bits per heavy atom. The molecule has 23 heavy (non-hydrogen) atoms. The first-order valence-electron chi connectivity index (χ1n) is 7.15. The van der Waals surface area contributed by atoms with Crippen molar-refractivity contribution >= 4 is 12.0 Å². The lowest BCUT2D eigenvalue weighted by Crippen LogP contribution is -2.32. The predicted molar refractivity (Wildman–Crippen MR) is 78.6 cm³/mol. The summed E-state index contributed by atoms with van der Waals surface area (Å²) in [5.74, 6) is -0.477. The number of nitrogens with zero attached hydrogens (tertiary/aromatic N) is 1. The van der Waals surface area contributed by atoms with E-state index in [4.69, 9.17) is 10.00 Å². The normalized spacial score (nSPS) is 17.8. The Bertz CT molecular complexity index is 603. The number of ether oxygens (including phenoxy) is 2. The first kappa shape index (κ1) is 16.9. The molecule has 1 saturated heterocycles.